The molecule has 1 aromatic carbocycles. The number of halogens is 1. The SMILES string of the molecule is O=C(O)CC(=O)c1cc(F)ccc1[N+](=O)[O-]. The summed E-state index contributed by atoms with van der Waals surface area (Å²) in [6.07, 6.45) is -0.912. The molecule has 16 heavy (non-hydrogen) atoms. The molecule has 0 atom stereocenters. The van der Waals surface area contributed by atoms with Crippen LogP contribution in [0.3, 0.4) is 0 Å². The minimum absolute atomic E-state index is 0.535. The summed E-state index contributed by atoms with van der Waals surface area (Å²) in [6.45, 7) is 0. The highest BCUT2D eigenvalue weighted by Crippen LogP contribution is 2.20. The lowest BCUT2D eigenvalue weighted by molar-refractivity contribution is -0.385. The zero-order valence-corrected chi connectivity index (χ0v) is 7.84. The zero-order valence-electron chi connectivity index (χ0n) is 7.84. The highest BCUT2D eigenvalue weighted by atomic mass is 19.1. The van der Waals surface area contributed by atoms with Gasteiger partial charge in [0.25, 0.3) is 5.69 Å². The van der Waals surface area contributed by atoms with Crippen molar-refractivity contribution in [3.8, 4) is 0 Å². The van der Waals surface area contributed by atoms with Gasteiger partial charge in [0.1, 0.15) is 12.2 Å². The monoisotopic (exact) mass is 227 g/mol. The van der Waals surface area contributed by atoms with Crippen molar-refractivity contribution in [2.75, 3.05) is 0 Å². The summed E-state index contributed by atoms with van der Waals surface area (Å²) < 4.78 is 12.8. The Kier molecular flexibility index (Phi) is 3.29. The molecule has 0 saturated carbocycles. The van der Waals surface area contributed by atoms with Crippen LogP contribution in [-0.2, 0) is 4.79 Å². The van der Waals surface area contributed by atoms with Gasteiger partial charge in [-0.15, -0.1) is 0 Å². The largest absolute Gasteiger partial charge is 0.481 e. The zero-order chi connectivity index (χ0) is 12.3. The molecule has 0 aliphatic heterocycles. The molecule has 0 heterocycles. The van der Waals surface area contributed by atoms with E-state index in [0.29, 0.717) is 6.07 Å². The Labute approximate surface area is 88.5 Å². The van der Waals surface area contributed by atoms with Gasteiger partial charge in [0.15, 0.2) is 5.78 Å². The summed E-state index contributed by atoms with van der Waals surface area (Å²) in [6, 6.07) is 2.31. The molecule has 6 nitrogen and oxygen atoms in total. The summed E-state index contributed by atoms with van der Waals surface area (Å²) in [5, 5.41) is 18.9. The molecule has 84 valence electrons. The van der Waals surface area contributed by atoms with Crippen LogP contribution in [0.15, 0.2) is 18.2 Å². The van der Waals surface area contributed by atoms with Gasteiger partial charge in [0.2, 0.25) is 0 Å². The van der Waals surface area contributed by atoms with Crippen molar-refractivity contribution in [1.82, 2.24) is 0 Å². The topological polar surface area (TPSA) is 97.5 Å². The van der Waals surface area contributed by atoms with Crippen molar-refractivity contribution in [3.05, 3.63) is 39.7 Å². The van der Waals surface area contributed by atoms with E-state index in [1.54, 1.807) is 0 Å². The number of Topliss-reactive ketones (excluding diaryl/α,β-unsaturated/α-hetero) is 1. The number of carbonyl (C=O) groups is 2. The second-order valence-electron chi connectivity index (χ2n) is 2.91. The van der Waals surface area contributed by atoms with Crippen molar-refractivity contribution in [1.29, 1.82) is 0 Å². The standard InChI is InChI=1S/C9H6FNO5/c10-5-1-2-7(11(15)16)6(3-5)8(12)4-9(13)14/h1-3H,4H2,(H,13,14). The second kappa shape index (κ2) is 4.47. The number of carbonyl (C=O) groups excluding carboxylic acids is 1. The van der Waals surface area contributed by atoms with Crippen LogP contribution in [-0.4, -0.2) is 21.8 Å². The molecule has 0 aliphatic rings. The molecule has 0 fully saturated rings. The number of carboxylic acids is 1. The Morgan fingerprint density at radius 1 is 1.44 bits per heavy atom. The predicted octanol–water partition coefficient (Wildman–Crippen LogP) is 1.39. The molecule has 0 aliphatic carbocycles. The van der Waals surface area contributed by atoms with Crippen LogP contribution >= 0.6 is 0 Å². The normalized spacial score (nSPS) is 9.81. The third-order valence-corrected chi connectivity index (χ3v) is 1.77. The van der Waals surface area contributed by atoms with Crippen molar-refractivity contribution >= 4 is 17.4 Å². The molecule has 0 unspecified atom stereocenters. The molecular weight excluding hydrogens is 221 g/mol. The first-order valence-corrected chi connectivity index (χ1v) is 4.10. The van der Waals surface area contributed by atoms with E-state index in [9.17, 15) is 24.1 Å². The Hall–Kier alpha value is -2.31. The van der Waals surface area contributed by atoms with Gasteiger partial charge in [-0.1, -0.05) is 0 Å². The van der Waals surface area contributed by atoms with Crippen LogP contribution in [0.5, 0.6) is 0 Å². The van der Waals surface area contributed by atoms with Gasteiger partial charge in [-0.3, -0.25) is 19.7 Å². The van der Waals surface area contributed by atoms with Gasteiger partial charge >= 0.3 is 5.97 Å². The summed E-state index contributed by atoms with van der Waals surface area (Å²) in [7, 11) is 0. The van der Waals surface area contributed by atoms with Crippen LogP contribution in [0.4, 0.5) is 10.1 Å². The average molecular weight is 227 g/mol. The fraction of sp³-hybridized carbons (Fsp3) is 0.111. The molecule has 0 bridgehead atoms. The summed E-state index contributed by atoms with van der Waals surface area (Å²) >= 11 is 0. The van der Waals surface area contributed by atoms with E-state index >= 15 is 0 Å². The Bertz CT molecular complexity index is 471. The number of ketones is 1. The van der Waals surface area contributed by atoms with E-state index < -0.39 is 40.2 Å². The molecule has 1 aromatic rings. The number of nitro benzene ring substituents is 1. The number of hydrogen-bond acceptors (Lipinski definition) is 4. The first kappa shape index (κ1) is 11.8. The number of carboxylic acid groups (broad SMARTS) is 1. The molecular formula is C9H6FNO5. The Morgan fingerprint density at radius 3 is 2.56 bits per heavy atom. The van der Waals surface area contributed by atoms with E-state index in [4.69, 9.17) is 5.11 Å². The molecule has 1 rings (SSSR count). The predicted molar refractivity (Wildman–Crippen MR) is 49.6 cm³/mol. The maximum atomic E-state index is 12.8. The van der Waals surface area contributed by atoms with Crippen molar-refractivity contribution in [2.24, 2.45) is 0 Å². The Balaban J connectivity index is 3.19. The summed E-state index contributed by atoms with van der Waals surface area (Å²) in [5.41, 5.74) is -1.14. The number of hydrogen-bond donors (Lipinski definition) is 1. The lowest BCUT2D eigenvalue weighted by atomic mass is 10.1. The van der Waals surface area contributed by atoms with Crippen molar-refractivity contribution in [2.45, 2.75) is 6.42 Å². The van der Waals surface area contributed by atoms with Crippen molar-refractivity contribution < 1.29 is 24.0 Å². The molecule has 0 spiro atoms. The lowest BCUT2D eigenvalue weighted by Crippen LogP contribution is -2.09. The van der Waals surface area contributed by atoms with Crippen LogP contribution in [0.2, 0.25) is 0 Å². The van der Waals surface area contributed by atoms with Gasteiger partial charge < -0.3 is 5.11 Å². The third-order valence-electron chi connectivity index (χ3n) is 1.77. The van der Waals surface area contributed by atoms with Crippen LogP contribution in [0.25, 0.3) is 0 Å². The average Bonchev–Trinajstić information content (AvgIpc) is 2.15. The van der Waals surface area contributed by atoms with E-state index in [0.717, 1.165) is 12.1 Å². The van der Waals surface area contributed by atoms with E-state index in [1.165, 1.54) is 0 Å². The first-order chi connectivity index (χ1) is 7.41. The highest BCUT2D eigenvalue weighted by molar-refractivity contribution is 6.07. The number of aliphatic carboxylic acids is 1. The highest BCUT2D eigenvalue weighted by Gasteiger charge is 2.22. The van der Waals surface area contributed by atoms with Gasteiger partial charge in [0.05, 0.1) is 10.5 Å². The number of nitrogens with zero attached hydrogens (tertiary/aromatic N) is 1. The maximum absolute atomic E-state index is 12.8. The van der Waals surface area contributed by atoms with Gasteiger partial charge in [0, 0.05) is 6.07 Å². The summed E-state index contributed by atoms with van der Waals surface area (Å²) in [5.74, 6) is -3.26. The maximum Gasteiger partial charge on any atom is 0.311 e. The van der Waals surface area contributed by atoms with E-state index in [-0.39, 0.29) is 0 Å². The van der Waals surface area contributed by atoms with Gasteiger partial charge in [-0.25, -0.2) is 4.39 Å². The number of benzene rings is 1. The lowest BCUT2D eigenvalue weighted by Gasteiger charge is -2.00. The quantitative estimate of drug-likeness (QED) is 0.362. The Morgan fingerprint density at radius 2 is 2.06 bits per heavy atom. The van der Waals surface area contributed by atoms with Crippen molar-refractivity contribution in [3.63, 3.8) is 0 Å². The van der Waals surface area contributed by atoms with E-state index in [2.05, 4.69) is 0 Å². The molecule has 7 heteroatoms. The number of rotatable bonds is 4. The number of nitro groups is 1. The fourth-order valence-corrected chi connectivity index (χ4v) is 1.12. The van der Waals surface area contributed by atoms with E-state index in [1.807, 2.05) is 0 Å². The van der Waals surface area contributed by atoms with Crippen LogP contribution in [0, 0.1) is 15.9 Å². The molecule has 0 radical (unpaired) electrons. The molecule has 1 N–H and O–H groups in total. The minimum Gasteiger partial charge on any atom is -0.481 e. The smallest absolute Gasteiger partial charge is 0.311 e. The van der Waals surface area contributed by atoms with Crippen LogP contribution in [0.1, 0.15) is 16.8 Å². The van der Waals surface area contributed by atoms with Crippen LogP contribution < -0.4 is 0 Å². The minimum atomic E-state index is -1.43. The third kappa shape index (κ3) is 2.59. The van der Waals surface area contributed by atoms with Gasteiger partial charge in [-0.05, 0) is 12.1 Å². The molecule has 0 amide bonds. The summed E-state index contributed by atoms with van der Waals surface area (Å²) in [4.78, 5) is 31.2. The van der Waals surface area contributed by atoms with Gasteiger partial charge in [-0.2, -0.15) is 0 Å². The second-order valence-corrected chi connectivity index (χ2v) is 2.91. The molecule has 0 aromatic heterocycles. The fourth-order valence-electron chi connectivity index (χ4n) is 1.12. The first-order valence-electron chi connectivity index (χ1n) is 4.10. The molecule has 0 saturated heterocycles.